The Labute approximate surface area is 173 Å². The van der Waals surface area contributed by atoms with Crippen LogP contribution in [0, 0.1) is 5.41 Å². The van der Waals surface area contributed by atoms with E-state index in [0.717, 1.165) is 21.3 Å². The minimum absolute atomic E-state index is 0.0986. The van der Waals surface area contributed by atoms with Crippen LogP contribution in [0.5, 0.6) is 5.75 Å². The fourth-order valence-electron chi connectivity index (χ4n) is 3.65. The second-order valence-corrected chi connectivity index (χ2v) is 8.63. The second kappa shape index (κ2) is 7.68. The van der Waals surface area contributed by atoms with Crippen LogP contribution in [0.25, 0.3) is 10.2 Å². The molecule has 1 atom stereocenters. The molecule has 3 aromatic carbocycles. The molecule has 1 heterocycles. The number of thiazole rings is 1. The Kier molecular flexibility index (Phi) is 5.07. The molecule has 4 aromatic rings. The average molecular weight is 403 g/mol. The first-order chi connectivity index (χ1) is 13.9. The molecule has 0 fully saturated rings. The third-order valence-electron chi connectivity index (χ3n) is 5.18. The largest absolute Gasteiger partial charge is 0.508 e. The van der Waals surface area contributed by atoms with Crippen LogP contribution in [0.4, 0.5) is 5.13 Å². The van der Waals surface area contributed by atoms with Gasteiger partial charge in [-0.2, -0.15) is 0 Å². The van der Waals surface area contributed by atoms with Gasteiger partial charge < -0.3 is 10.4 Å². The lowest BCUT2D eigenvalue weighted by atomic mass is 9.70. The van der Waals surface area contributed by atoms with Gasteiger partial charge in [0.2, 0.25) is 5.91 Å². The summed E-state index contributed by atoms with van der Waals surface area (Å²) >= 11 is 1.47. The van der Waals surface area contributed by atoms with Crippen molar-refractivity contribution in [3.05, 3.63) is 90.0 Å². The Bertz CT molecular complexity index is 1100. The number of rotatable bonds is 5. The van der Waals surface area contributed by atoms with E-state index in [9.17, 15) is 9.90 Å². The molecule has 0 aliphatic heterocycles. The lowest BCUT2D eigenvalue weighted by Crippen LogP contribution is -2.37. The Balaban J connectivity index is 1.69. The van der Waals surface area contributed by atoms with Gasteiger partial charge >= 0.3 is 0 Å². The molecule has 2 N–H and O–H groups in total. The van der Waals surface area contributed by atoms with Gasteiger partial charge in [0.25, 0.3) is 0 Å². The molecule has 4 rings (SSSR count). The van der Waals surface area contributed by atoms with Crippen LogP contribution < -0.4 is 5.32 Å². The van der Waals surface area contributed by atoms with Gasteiger partial charge in [-0.1, -0.05) is 79.8 Å². The highest BCUT2D eigenvalue weighted by atomic mass is 32.1. The normalized spacial score (nSPS) is 12.6. The van der Waals surface area contributed by atoms with E-state index in [0.29, 0.717) is 5.13 Å². The maximum Gasteiger partial charge on any atom is 0.232 e. The van der Waals surface area contributed by atoms with Crippen molar-refractivity contribution in [1.29, 1.82) is 0 Å². The zero-order valence-corrected chi connectivity index (χ0v) is 17.1. The van der Waals surface area contributed by atoms with E-state index in [1.54, 1.807) is 12.1 Å². The highest BCUT2D eigenvalue weighted by Gasteiger charge is 2.39. The molecule has 1 aromatic heterocycles. The summed E-state index contributed by atoms with van der Waals surface area (Å²) in [5.74, 6) is -0.0746. The van der Waals surface area contributed by atoms with Crippen molar-refractivity contribution in [3.8, 4) is 5.75 Å². The maximum atomic E-state index is 13.4. The van der Waals surface area contributed by atoms with Crippen molar-refractivity contribution in [3.63, 3.8) is 0 Å². The van der Waals surface area contributed by atoms with E-state index in [-0.39, 0.29) is 17.6 Å². The van der Waals surface area contributed by atoms with Crippen molar-refractivity contribution in [1.82, 2.24) is 4.98 Å². The van der Waals surface area contributed by atoms with E-state index >= 15 is 0 Å². The van der Waals surface area contributed by atoms with Gasteiger partial charge in [0.1, 0.15) is 5.75 Å². The van der Waals surface area contributed by atoms with Crippen LogP contribution in [0.3, 0.4) is 0 Å². The van der Waals surface area contributed by atoms with Gasteiger partial charge in [0.15, 0.2) is 5.13 Å². The quantitative estimate of drug-likeness (QED) is 0.443. The number of nitrogens with one attached hydrogen (secondary N) is 1. The third-order valence-corrected chi connectivity index (χ3v) is 6.13. The average Bonchev–Trinajstić information content (AvgIpc) is 3.12. The first-order valence-corrected chi connectivity index (χ1v) is 10.3. The van der Waals surface area contributed by atoms with E-state index in [1.165, 1.54) is 11.3 Å². The Morgan fingerprint density at radius 2 is 1.55 bits per heavy atom. The number of hydrogen-bond donors (Lipinski definition) is 2. The third kappa shape index (κ3) is 3.87. The summed E-state index contributed by atoms with van der Waals surface area (Å²) in [7, 11) is 0. The number of fused-ring (bicyclic) bond motifs is 1. The van der Waals surface area contributed by atoms with Crippen LogP contribution in [0.2, 0.25) is 0 Å². The summed E-state index contributed by atoms with van der Waals surface area (Å²) in [4.78, 5) is 17.9. The number of anilines is 1. The number of para-hydroxylation sites is 1. The van der Waals surface area contributed by atoms with Crippen LogP contribution in [0.1, 0.15) is 30.9 Å². The van der Waals surface area contributed by atoms with Crippen molar-refractivity contribution in [2.75, 3.05) is 5.32 Å². The second-order valence-electron chi connectivity index (χ2n) is 7.60. The van der Waals surface area contributed by atoms with Crippen LogP contribution in [-0.2, 0) is 4.79 Å². The SMILES string of the molecule is CC(C)(C(=O)Nc1nc2ccccc2s1)C(c1ccccc1)c1ccc(O)cc1. The molecule has 0 spiro atoms. The molecule has 1 amide bonds. The molecule has 29 heavy (non-hydrogen) atoms. The minimum Gasteiger partial charge on any atom is -0.508 e. The number of nitrogens with zero attached hydrogens (tertiary/aromatic N) is 1. The van der Waals surface area contributed by atoms with E-state index in [4.69, 9.17) is 0 Å². The molecule has 0 saturated carbocycles. The van der Waals surface area contributed by atoms with Crippen molar-refractivity contribution in [2.24, 2.45) is 5.41 Å². The molecule has 0 aliphatic rings. The summed E-state index contributed by atoms with van der Waals surface area (Å²) in [5.41, 5.74) is 2.14. The number of aromatic nitrogens is 1. The summed E-state index contributed by atoms with van der Waals surface area (Å²) in [5, 5.41) is 13.3. The first kappa shape index (κ1) is 19.2. The van der Waals surface area contributed by atoms with Gasteiger partial charge in [-0.05, 0) is 35.4 Å². The molecule has 4 nitrogen and oxygen atoms in total. The number of carbonyl (C=O) groups is 1. The Hall–Kier alpha value is -3.18. The lowest BCUT2D eigenvalue weighted by molar-refractivity contribution is -0.124. The Morgan fingerprint density at radius 3 is 2.24 bits per heavy atom. The molecule has 146 valence electrons. The van der Waals surface area contributed by atoms with Crippen LogP contribution in [0.15, 0.2) is 78.9 Å². The van der Waals surface area contributed by atoms with Crippen molar-refractivity contribution in [2.45, 2.75) is 19.8 Å². The molecule has 0 radical (unpaired) electrons. The van der Waals surface area contributed by atoms with E-state index < -0.39 is 5.41 Å². The monoisotopic (exact) mass is 402 g/mol. The number of aromatic hydroxyl groups is 1. The van der Waals surface area contributed by atoms with E-state index in [2.05, 4.69) is 10.3 Å². The Morgan fingerprint density at radius 1 is 0.931 bits per heavy atom. The zero-order chi connectivity index (χ0) is 20.4. The first-order valence-electron chi connectivity index (χ1n) is 9.46. The number of amides is 1. The zero-order valence-electron chi connectivity index (χ0n) is 16.3. The molecular formula is C24H22N2O2S. The van der Waals surface area contributed by atoms with Gasteiger partial charge in [-0.3, -0.25) is 4.79 Å². The predicted octanol–water partition coefficient (Wildman–Crippen LogP) is 5.80. The van der Waals surface area contributed by atoms with Gasteiger partial charge in [0, 0.05) is 5.92 Å². The lowest BCUT2D eigenvalue weighted by Gasteiger charge is -2.33. The summed E-state index contributed by atoms with van der Waals surface area (Å²) in [6.45, 7) is 3.89. The van der Waals surface area contributed by atoms with Crippen molar-refractivity contribution < 1.29 is 9.90 Å². The van der Waals surface area contributed by atoms with Crippen LogP contribution in [-0.4, -0.2) is 16.0 Å². The smallest absolute Gasteiger partial charge is 0.232 e. The van der Waals surface area contributed by atoms with Crippen molar-refractivity contribution >= 4 is 32.6 Å². The minimum atomic E-state index is -0.754. The highest BCUT2D eigenvalue weighted by molar-refractivity contribution is 7.22. The number of phenolic OH excluding ortho intramolecular Hbond substituents is 1. The fourth-order valence-corrected chi connectivity index (χ4v) is 4.51. The fraction of sp³-hybridized carbons (Fsp3) is 0.167. The van der Waals surface area contributed by atoms with E-state index in [1.807, 2.05) is 80.6 Å². The molecule has 5 heteroatoms. The number of carbonyl (C=O) groups excluding carboxylic acids is 1. The summed E-state index contributed by atoms with van der Waals surface area (Å²) in [6, 6.07) is 24.9. The highest BCUT2D eigenvalue weighted by Crippen LogP contribution is 2.42. The molecule has 0 saturated heterocycles. The number of hydrogen-bond acceptors (Lipinski definition) is 4. The molecule has 0 aliphatic carbocycles. The summed E-state index contributed by atoms with van der Waals surface area (Å²) < 4.78 is 1.04. The predicted molar refractivity (Wildman–Crippen MR) is 118 cm³/mol. The molecular weight excluding hydrogens is 380 g/mol. The van der Waals surface area contributed by atoms with Crippen LogP contribution >= 0.6 is 11.3 Å². The maximum absolute atomic E-state index is 13.4. The topological polar surface area (TPSA) is 62.2 Å². The summed E-state index contributed by atoms with van der Waals surface area (Å²) in [6.07, 6.45) is 0. The number of phenols is 1. The molecule has 1 unspecified atom stereocenters. The molecule has 0 bridgehead atoms. The van der Waals surface area contributed by atoms with Gasteiger partial charge in [0.05, 0.1) is 15.6 Å². The van der Waals surface area contributed by atoms with Gasteiger partial charge in [-0.25, -0.2) is 4.98 Å². The van der Waals surface area contributed by atoms with Gasteiger partial charge in [-0.15, -0.1) is 0 Å². The standard InChI is InChI=1S/C24H22N2O2S/c1-24(2,22(28)26-23-25-19-10-6-7-11-20(19)29-23)21(16-8-4-3-5-9-16)17-12-14-18(27)15-13-17/h3-15,21,27H,1-2H3,(H,25,26,28). The number of benzene rings is 3.